The fourth-order valence-corrected chi connectivity index (χ4v) is 1.84. The van der Waals surface area contributed by atoms with Crippen LogP contribution in [0.4, 0.5) is 11.8 Å². The molecule has 2 heterocycles. The summed E-state index contributed by atoms with van der Waals surface area (Å²) in [6, 6.07) is 0. The third kappa shape index (κ3) is 2.58. The fourth-order valence-electron chi connectivity index (χ4n) is 1.84. The molecule has 0 unspecified atom stereocenters. The Hall–Kier alpha value is -2.11. The van der Waals surface area contributed by atoms with Crippen molar-refractivity contribution in [3.8, 4) is 0 Å². The summed E-state index contributed by atoms with van der Waals surface area (Å²) in [4.78, 5) is 8.12. The summed E-state index contributed by atoms with van der Waals surface area (Å²) in [5.41, 5.74) is 8.83. The molecular weight excluding hydrogens is 228 g/mol. The fraction of sp³-hybridized carbons (Fsp3) is 0.417. The lowest BCUT2D eigenvalue weighted by molar-refractivity contribution is 0.746. The molecule has 0 aliphatic rings. The summed E-state index contributed by atoms with van der Waals surface area (Å²) in [6.07, 6.45) is 4.66. The normalized spacial score (nSPS) is 10.6. The Morgan fingerprint density at radius 1 is 1.44 bits per heavy atom. The van der Waals surface area contributed by atoms with Crippen LogP contribution in [0.3, 0.4) is 0 Å². The molecule has 0 amide bonds. The molecule has 0 atom stereocenters. The van der Waals surface area contributed by atoms with Gasteiger partial charge in [-0.25, -0.2) is 4.98 Å². The Balaban J connectivity index is 2.13. The van der Waals surface area contributed by atoms with Crippen molar-refractivity contribution in [1.82, 2.24) is 19.7 Å². The van der Waals surface area contributed by atoms with Crippen molar-refractivity contribution in [2.24, 2.45) is 7.05 Å². The number of nitrogens with two attached hydrogens (primary N) is 1. The molecule has 0 aliphatic heterocycles. The van der Waals surface area contributed by atoms with Crippen LogP contribution in [0.2, 0.25) is 0 Å². The Labute approximate surface area is 106 Å². The van der Waals surface area contributed by atoms with Gasteiger partial charge in [-0.15, -0.1) is 0 Å². The van der Waals surface area contributed by atoms with Crippen molar-refractivity contribution in [3.63, 3.8) is 0 Å². The summed E-state index contributed by atoms with van der Waals surface area (Å²) in [5, 5.41) is 7.67. The third-order valence-corrected chi connectivity index (χ3v) is 2.76. The van der Waals surface area contributed by atoms with Gasteiger partial charge < -0.3 is 11.1 Å². The first-order chi connectivity index (χ1) is 8.60. The summed E-state index contributed by atoms with van der Waals surface area (Å²) < 4.78 is 1.83. The quantitative estimate of drug-likeness (QED) is 0.849. The first kappa shape index (κ1) is 12.3. The largest absolute Gasteiger partial charge is 0.368 e. The maximum atomic E-state index is 5.58. The van der Waals surface area contributed by atoms with Crippen LogP contribution < -0.4 is 11.1 Å². The maximum absolute atomic E-state index is 5.58. The molecule has 2 aromatic rings. The van der Waals surface area contributed by atoms with Gasteiger partial charge in [0, 0.05) is 37.1 Å². The number of aryl methyl sites for hydroxylation is 3. The van der Waals surface area contributed by atoms with Crippen LogP contribution in [-0.2, 0) is 20.0 Å². The van der Waals surface area contributed by atoms with Gasteiger partial charge in [0.25, 0.3) is 0 Å². The molecule has 0 aromatic carbocycles. The molecule has 0 spiro atoms. The Morgan fingerprint density at radius 2 is 2.22 bits per heavy atom. The van der Waals surface area contributed by atoms with Crippen LogP contribution in [0.25, 0.3) is 0 Å². The van der Waals surface area contributed by atoms with E-state index in [0.717, 1.165) is 23.5 Å². The molecule has 0 bridgehead atoms. The molecule has 18 heavy (non-hydrogen) atoms. The van der Waals surface area contributed by atoms with Gasteiger partial charge in [-0.1, -0.05) is 6.92 Å². The van der Waals surface area contributed by atoms with Crippen LogP contribution in [0.5, 0.6) is 0 Å². The van der Waals surface area contributed by atoms with E-state index < -0.39 is 0 Å². The molecule has 0 saturated heterocycles. The Morgan fingerprint density at radius 3 is 2.94 bits per heavy atom. The van der Waals surface area contributed by atoms with Gasteiger partial charge in [-0.2, -0.15) is 10.1 Å². The van der Waals surface area contributed by atoms with Crippen molar-refractivity contribution in [2.75, 3.05) is 11.1 Å². The van der Waals surface area contributed by atoms with E-state index in [1.807, 2.05) is 24.9 Å². The molecule has 0 radical (unpaired) electrons. The third-order valence-electron chi connectivity index (χ3n) is 2.76. The summed E-state index contributed by atoms with van der Waals surface area (Å²) in [6.45, 7) is 4.74. The first-order valence-corrected chi connectivity index (χ1v) is 5.94. The molecule has 6 nitrogen and oxygen atoms in total. The van der Waals surface area contributed by atoms with E-state index in [4.69, 9.17) is 5.73 Å². The van der Waals surface area contributed by atoms with Crippen molar-refractivity contribution < 1.29 is 0 Å². The second kappa shape index (κ2) is 5.03. The van der Waals surface area contributed by atoms with E-state index in [9.17, 15) is 0 Å². The summed E-state index contributed by atoms with van der Waals surface area (Å²) in [7, 11) is 1.93. The number of nitrogen functional groups attached to an aromatic ring is 1. The second-order valence-electron chi connectivity index (χ2n) is 4.24. The minimum atomic E-state index is 0.282. The predicted octanol–water partition coefficient (Wildman–Crippen LogP) is 1.28. The van der Waals surface area contributed by atoms with E-state index in [0.29, 0.717) is 6.54 Å². The number of anilines is 2. The van der Waals surface area contributed by atoms with E-state index >= 15 is 0 Å². The molecule has 96 valence electrons. The van der Waals surface area contributed by atoms with Crippen molar-refractivity contribution in [3.05, 3.63) is 29.2 Å². The smallest absolute Gasteiger partial charge is 0.221 e. The van der Waals surface area contributed by atoms with E-state index in [2.05, 4.69) is 27.3 Å². The van der Waals surface area contributed by atoms with Crippen LogP contribution in [0, 0.1) is 6.92 Å². The molecule has 3 N–H and O–H groups in total. The molecule has 6 heteroatoms. The minimum absolute atomic E-state index is 0.282. The van der Waals surface area contributed by atoms with Crippen LogP contribution in [-0.4, -0.2) is 19.7 Å². The lowest BCUT2D eigenvalue weighted by Crippen LogP contribution is -2.06. The van der Waals surface area contributed by atoms with Crippen LogP contribution in [0.1, 0.15) is 23.7 Å². The highest BCUT2D eigenvalue weighted by molar-refractivity contribution is 5.45. The molecule has 2 aromatic heterocycles. The highest BCUT2D eigenvalue weighted by Crippen LogP contribution is 2.14. The minimum Gasteiger partial charge on any atom is -0.368 e. The summed E-state index contributed by atoms with van der Waals surface area (Å²) in [5.74, 6) is 1.05. The average molecular weight is 246 g/mol. The number of nitrogens with zero attached hydrogens (tertiary/aromatic N) is 4. The van der Waals surface area contributed by atoms with Gasteiger partial charge in [0.15, 0.2) is 0 Å². The standard InChI is InChI=1S/C12H18N6/c1-4-10-9(7-18(3)17-10)6-14-11-8(2)5-15-12(13)16-11/h5,7H,4,6H2,1-3H3,(H3,13,14,15,16). The van der Waals surface area contributed by atoms with Gasteiger partial charge in [0.05, 0.1) is 5.69 Å². The molecule has 0 aliphatic carbocycles. The van der Waals surface area contributed by atoms with Crippen molar-refractivity contribution >= 4 is 11.8 Å². The molecule has 0 saturated carbocycles. The van der Waals surface area contributed by atoms with Gasteiger partial charge in [0.1, 0.15) is 5.82 Å². The maximum Gasteiger partial charge on any atom is 0.221 e. The lowest BCUT2D eigenvalue weighted by atomic mass is 10.2. The molecular formula is C12H18N6. The molecule has 0 fully saturated rings. The predicted molar refractivity (Wildman–Crippen MR) is 71.1 cm³/mol. The van der Waals surface area contributed by atoms with Crippen molar-refractivity contribution in [2.45, 2.75) is 26.8 Å². The van der Waals surface area contributed by atoms with Gasteiger partial charge in [-0.05, 0) is 13.3 Å². The monoisotopic (exact) mass is 246 g/mol. The zero-order chi connectivity index (χ0) is 13.1. The number of aromatic nitrogens is 4. The Bertz CT molecular complexity index is 545. The van der Waals surface area contributed by atoms with Crippen LogP contribution >= 0.6 is 0 Å². The highest BCUT2D eigenvalue weighted by Gasteiger charge is 2.07. The van der Waals surface area contributed by atoms with E-state index in [1.54, 1.807) is 6.20 Å². The number of hydrogen-bond acceptors (Lipinski definition) is 5. The highest BCUT2D eigenvalue weighted by atomic mass is 15.3. The van der Waals surface area contributed by atoms with Crippen LogP contribution in [0.15, 0.2) is 12.4 Å². The topological polar surface area (TPSA) is 81.7 Å². The number of nitrogens with one attached hydrogen (secondary N) is 1. The van der Waals surface area contributed by atoms with Gasteiger partial charge in [-0.3, -0.25) is 4.68 Å². The Kier molecular flexibility index (Phi) is 3.45. The SMILES string of the molecule is CCc1nn(C)cc1CNc1nc(N)ncc1C. The van der Waals surface area contributed by atoms with Crippen molar-refractivity contribution in [1.29, 1.82) is 0 Å². The first-order valence-electron chi connectivity index (χ1n) is 5.94. The number of rotatable bonds is 4. The zero-order valence-corrected chi connectivity index (χ0v) is 10.9. The molecule has 2 rings (SSSR count). The summed E-state index contributed by atoms with van der Waals surface area (Å²) >= 11 is 0. The van der Waals surface area contributed by atoms with Gasteiger partial charge in [0.2, 0.25) is 5.95 Å². The lowest BCUT2D eigenvalue weighted by Gasteiger charge is -2.08. The van der Waals surface area contributed by atoms with Gasteiger partial charge >= 0.3 is 0 Å². The number of hydrogen-bond donors (Lipinski definition) is 2. The average Bonchev–Trinajstić information content (AvgIpc) is 2.71. The van der Waals surface area contributed by atoms with E-state index in [-0.39, 0.29) is 5.95 Å². The van der Waals surface area contributed by atoms with E-state index in [1.165, 1.54) is 5.56 Å². The zero-order valence-electron chi connectivity index (χ0n) is 10.9. The second-order valence-corrected chi connectivity index (χ2v) is 4.24.